The lowest BCUT2D eigenvalue weighted by Gasteiger charge is -2.29. The molecule has 1 aliphatic heterocycles. The maximum Gasteiger partial charge on any atom is 0.330 e. The molecule has 0 bridgehead atoms. The number of likely N-dealkylation sites (N-methyl/N-ethyl adjacent to an activating group) is 1. The first-order chi connectivity index (χ1) is 8.04. The van der Waals surface area contributed by atoms with Gasteiger partial charge in [0.25, 0.3) is 0 Å². The Morgan fingerprint density at radius 1 is 1.53 bits per heavy atom. The number of carboxylic acids is 1. The van der Waals surface area contributed by atoms with Crippen LogP contribution >= 0.6 is 0 Å². The molecule has 2 unspecified atom stereocenters. The predicted molar refractivity (Wildman–Crippen MR) is 63.7 cm³/mol. The fourth-order valence-electron chi connectivity index (χ4n) is 2.15. The Morgan fingerprint density at radius 2 is 2.24 bits per heavy atom. The molecule has 17 heavy (non-hydrogen) atoms. The molecule has 3 N–H and O–H groups in total. The van der Waals surface area contributed by atoms with Crippen molar-refractivity contribution in [2.45, 2.75) is 18.9 Å². The third-order valence-corrected chi connectivity index (χ3v) is 3.08. The number of piperidine rings is 1. The lowest BCUT2D eigenvalue weighted by Crippen LogP contribution is -2.49. The maximum absolute atomic E-state index is 11.6. The average Bonchev–Trinajstić information content (AvgIpc) is 2.27. The second-order valence-corrected chi connectivity index (χ2v) is 4.58. The number of hydrogen-bond acceptors (Lipinski definition) is 4. The van der Waals surface area contributed by atoms with Crippen LogP contribution in [0.25, 0.3) is 0 Å². The summed E-state index contributed by atoms with van der Waals surface area (Å²) in [5.41, 5.74) is 0. The first-order valence-corrected chi connectivity index (χ1v) is 5.91. The molecule has 0 aromatic heterocycles. The zero-order valence-electron chi connectivity index (χ0n) is 10.4. The van der Waals surface area contributed by atoms with Crippen LogP contribution in [0.4, 0.5) is 0 Å². The van der Waals surface area contributed by atoms with Crippen molar-refractivity contribution < 1.29 is 14.7 Å². The van der Waals surface area contributed by atoms with Crippen molar-refractivity contribution in [3.05, 3.63) is 0 Å². The van der Waals surface area contributed by atoms with Crippen LogP contribution in [0.15, 0.2) is 0 Å². The third-order valence-electron chi connectivity index (χ3n) is 3.08. The number of aliphatic carboxylic acids is 1. The van der Waals surface area contributed by atoms with E-state index in [1.807, 2.05) is 0 Å². The van der Waals surface area contributed by atoms with Gasteiger partial charge in [-0.2, -0.15) is 0 Å². The van der Waals surface area contributed by atoms with E-state index in [9.17, 15) is 9.59 Å². The molecule has 0 aromatic carbocycles. The minimum Gasteiger partial charge on any atom is -0.480 e. The summed E-state index contributed by atoms with van der Waals surface area (Å²) in [5.74, 6) is -1.19. The van der Waals surface area contributed by atoms with E-state index >= 15 is 0 Å². The van der Waals surface area contributed by atoms with E-state index in [4.69, 9.17) is 5.11 Å². The van der Waals surface area contributed by atoms with Crippen molar-refractivity contribution in [3.63, 3.8) is 0 Å². The Morgan fingerprint density at radius 3 is 2.76 bits per heavy atom. The Kier molecular flexibility index (Phi) is 5.37. The van der Waals surface area contributed by atoms with Crippen LogP contribution in [0, 0.1) is 5.92 Å². The summed E-state index contributed by atoms with van der Waals surface area (Å²) >= 11 is 0. The van der Waals surface area contributed by atoms with Crippen molar-refractivity contribution in [1.82, 2.24) is 15.5 Å². The Bertz CT molecular complexity index is 283. The average molecular weight is 243 g/mol. The van der Waals surface area contributed by atoms with E-state index in [1.165, 1.54) is 7.05 Å². The molecule has 0 radical (unpaired) electrons. The van der Waals surface area contributed by atoms with Gasteiger partial charge < -0.3 is 15.3 Å². The van der Waals surface area contributed by atoms with Crippen LogP contribution in [-0.2, 0) is 9.59 Å². The Hall–Kier alpha value is -1.14. The van der Waals surface area contributed by atoms with E-state index < -0.39 is 17.9 Å². The van der Waals surface area contributed by atoms with E-state index in [-0.39, 0.29) is 0 Å². The van der Waals surface area contributed by atoms with Gasteiger partial charge in [-0.15, -0.1) is 0 Å². The Balaban J connectivity index is 2.34. The standard InChI is InChI=1S/C11H21N3O3/c1-12-9(11(16)17)10(15)13-6-8-4-3-5-14(2)7-8/h8-9,12H,3-7H2,1-2H3,(H,13,15)(H,16,17). The van der Waals surface area contributed by atoms with Gasteiger partial charge in [-0.25, -0.2) is 4.79 Å². The van der Waals surface area contributed by atoms with E-state index in [0.29, 0.717) is 12.5 Å². The number of hydrogen-bond donors (Lipinski definition) is 3. The van der Waals surface area contributed by atoms with Crippen LogP contribution in [0.1, 0.15) is 12.8 Å². The first-order valence-electron chi connectivity index (χ1n) is 5.91. The number of likely N-dealkylation sites (tertiary alicyclic amines) is 1. The van der Waals surface area contributed by atoms with E-state index in [1.54, 1.807) is 0 Å². The van der Waals surface area contributed by atoms with Gasteiger partial charge in [-0.05, 0) is 39.4 Å². The highest BCUT2D eigenvalue weighted by atomic mass is 16.4. The summed E-state index contributed by atoms with van der Waals surface area (Å²) in [7, 11) is 3.52. The minimum atomic E-state index is -1.16. The quantitative estimate of drug-likeness (QED) is 0.546. The summed E-state index contributed by atoms with van der Waals surface area (Å²) < 4.78 is 0. The largest absolute Gasteiger partial charge is 0.480 e. The SMILES string of the molecule is CNC(C(=O)O)C(=O)NCC1CCCN(C)C1. The first kappa shape index (κ1) is 13.9. The van der Waals surface area contributed by atoms with Crippen LogP contribution in [0.5, 0.6) is 0 Å². The summed E-state index contributed by atoms with van der Waals surface area (Å²) in [5, 5.41) is 14.0. The molecule has 1 fully saturated rings. The number of nitrogens with zero attached hydrogens (tertiary/aromatic N) is 1. The van der Waals surface area contributed by atoms with Crippen molar-refractivity contribution in [2.24, 2.45) is 5.92 Å². The fraction of sp³-hybridized carbons (Fsp3) is 0.818. The van der Waals surface area contributed by atoms with Crippen LogP contribution in [0.2, 0.25) is 0 Å². The second-order valence-electron chi connectivity index (χ2n) is 4.58. The van der Waals surface area contributed by atoms with Crippen LogP contribution < -0.4 is 10.6 Å². The van der Waals surface area contributed by atoms with Crippen molar-refractivity contribution in [3.8, 4) is 0 Å². The molecule has 6 heteroatoms. The molecule has 0 spiro atoms. The molecule has 98 valence electrons. The summed E-state index contributed by atoms with van der Waals surface area (Å²) in [6.07, 6.45) is 2.22. The highest BCUT2D eigenvalue weighted by Crippen LogP contribution is 2.13. The molecular weight excluding hydrogens is 222 g/mol. The number of carbonyl (C=O) groups excluding carboxylic acids is 1. The number of carboxylic acid groups (broad SMARTS) is 1. The molecule has 1 heterocycles. The fourth-order valence-corrected chi connectivity index (χ4v) is 2.15. The molecule has 1 rings (SSSR count). The van der Waals surface area contributed by atoms with Gasteiger partial charge in [0.15, 0.2) is 6.04 Å². The van der Waals surface area contributed by atoms with Crippen LogP contribution in [-0.4, -0.2) is 61.7 Å². The molecular formula is C11H21N3O3. The lowest BCUT2D eigenvalue weighted by atomic mass is 9.98. The van der Waals surface area contributed by atoms with Gasteiger partial charge in [0.1, 0.15) is 0 Å². The molecule has 0 saturated carbocycles. The van der Waals surface area contributed by atoms with Gasteiger partial charge >= 0.3 is 5.97 Å². The van der Waals surface area contributed by atoms with Gasteiger partial charge in [0.2, 0.25) is 5.91 Å². The number of nitrogens with one attached hydrogen (secondary N) is 2. The number of carbonyl (C=O) groups is 2. The van der Waals surface area contributed by atoms with E-state index in [0.717, 1.165) is 25.9 Å². The van der Waals surface area contributed by atoms with Crippen molar-refractivity contribution in [2.75, 3.05) is 33.7 Å². The predicted octanol–water partition coefficient (Wildman–Crippen LogP) is -0.883. The maximum atomic E-state index is 11.6. The second kappa shape index (κ2) is 6.56. The number of rotatable bonds is 5. The molecule has 1 saturated heterocycles. The monoisotopic (exact) mass is 243 g/mol. The highest BCUT2D eigenvalue weighted by Gasteiger charge is 2.25. The third kappa shape index (κ3) is 4.32. The minimum absolute atomic E-state index is 0.420. The molecule has 6 nitrogen and oxygen atoms in total. The van der Waals surface area contributed by atoms with E-state index in [2.05, 4.69) is 22.6 Å². The summed E-state index contributed by atoms with van der Waals surface area (Å²) in [6, 6.07) is -1.16. The van der Waals surface area contributed by atoms with Crippen LogP contribution in [0.3, 0.4) is 0 Å². The van der Waals surface area contributed by atoms with Gasteiger partial charge in [0.05, 0.1) is 0 Å². The topological polar surface area (TPSA) is 81.7 Å². The number of amides is 1. The summed E-state index contributed by atoms with van der Waals surface area (Å²) in [4.78, 5) is 24.5. The zero-order valence-corrected chi connectivity index (χ0v) is 10.4. The molecule has 1 aliphatic rings. The molecule has 0 aliphatic carbocycles. The smallest absolute Gasteiger partial charge is 0.330 e. The van der Waals surface area contributed by atoms with Gasteiger partial charge in [-0.1, -0.05) is 0 Å². The molecule has 1 amide bonds. The summed E-state index contributed by atoms with van der Waals surface area (Å²) in [6.45, 7) is 2.60. The molecule has 0 aromatic rings. The van der Waals surface area contributed by atoms with Gasteiger partial charge in [-0.3, -0.25) is 10.1 Å². The normalized spacial score (nSPS) is 23.1. The Labute approximate surface area is 101 Å². The highest BCUT2D eigenvalue weighted by molar-refractivity contribution is 6.01. The lowest BCUT2D eigenvalue weighted by molar-refractivity contribution is -0.143. The zero-order chi connectivity index (χ0) is 12.8. The van der Waals surface area contributed by atoms with Gasteiger partial charge in [0, 0.05) is 13.1 Å². The van der Waals surface area contributed by atoms with Crippen molar-refractivity contribution >= 4 is 11.9 Å². The van der Waals surface area contributed by atoms with Crippen molar-refractivity contribution in [1.29, 1.82) is 0 Å². The molecule has 2 atom stereocenters.